The van der Waals surface area contributed by atoms with Gasteiger partial charge in [0, 0.05) is 21.3 Å². The number of rotatable bonds is 3. The molecule has 4 heteroatoms. The van der Waals surface area contributed by atoms with E-state index >= 15 is 0 Å². The van der Waals surface area contributed by atoms with E-state index in [0.717, 1.165) is 32.3 Å². The van der Waals surface area contributed by atoms with Crippen LogP contribution in [0.15, 0.2) is 52.2 Å². The van der Waals surface area contributed by atoms with E-state index in [1.807, 2.05) is 24.3 Å². The molecule has 0 saturated heterocycles. The third-order valence-electron chi connectivity index (χ3n) is 2.27. The van der Waals surface area contributed by atoms with Gasteiger partial charge in [-0.3, -0.25) is 9.97 Å². The van der Waals surface area contributed by atoms with Crippen LogP contribution < -0.4 is 0 Å². The minimum atomic E-state index is 0.777. The Labute approximate surface area is 117 Å². The molecule has 2 aromatic heterocycles. The average molecular weight is 354 g/mol. The first-order valence-electron chi connectivity index (χ1n) is 5.08. The summed E-state index contributed by atoms with van der Waals surface area (Å²) in [6, 6.07) is 5.96. The lowest BCUT2D eigenvalue weighted by molar-refractivity contribution is 1.16. The monoisotopic (exact) mass is 352 g/mol. The highest BCUT2D eigenvalue weighted by atomic mass is 79.9. The molecule has 2 nitrogen and oxygen atoms in total. The summed E-state index contributed by atoms with van der Waals surface area (Å²) in [5, 5.41) is 0. The van der Waals surface area contributed by atoms with E-state index in [2.05, 4.69) is 48.4 Å². The molecule has 0 aliphatic carbocycles. The van der Waals surface area contributed by atoms with Crippen LogP contribution in [0.5, 0.6) is 0 Å². The van der Waals surface area contributed by atoms with Gasteiger partial charge in [-0.15, -0.1) is 6.58 Å². The summed E-state index contributed by atoms with van der Waals surface area (Å²) in [5.74, 6) is 0. The molecule has 0 bridgehead atoms. The van der Waals surface area contributed by atoms with Crippen molar-refractivity contribution in [3.05, 3.63) is 57.8 Å². The quantitative estimate of drug-likeness (QED) is 0.764. The first-order valence-corrected chi connectivity index (χ1v) is 6.66. The van der Waals surface area contributed by atoms with E-state index in [4.69, 9.17) is 0 Å². The van der Waals surface area contributed by atoms with Gasteiger partial charge in [0.25, 0.3) is 0 Å². The maximum absolute atomic E-state index is 4.42. The number of hydrogen-bond donors (Lipinski definition) is 0. The number of nitrogens with zero attached hydrogens (tertiary/aromatic N) is 2. The Morgan fingerprint density at radius 1 is 1.12 bits per heavy atom. The zero-order chi connectivity index (χ0) is 12.3. The number of hydrogen-bond acceptors (Lipinski definition) is 2. The Kier molecular flexibility index (Phi) is 4.07. The molecule has 2 aromatic rings. The summed E-state index contributed by atoms with van der Waals surface area (Å²) < 4.78 is 1.93. The second kappa shape index (κ2) is 5.56. The molecule has 0 aliphatic rings. The standard InChI is InChI=1S/C13H10Br2N2/c1-2-3-9-6-11(15)8-17-13(9)12-5-4-10(14)7-16-12/h2,4-8H,1,3H2. The van der Waals surface area contributed by atoms with Crippen molar-refractivity contribution in [1.82, 2.24) is 9.97 Å². The van der Waals surface area contributed by atoms with Crippen molar-refractivity contribution in [2.75, 3.05) is 0 Å². The van der Waals surface area contributed by atoms with Crippen molar-refractivity contribution in [3.63, 3.8) is 0 Å². The molecule has 0 saturated carbocycles. The highest BCUT2D eigenvalue weighted by Gasteiger charge is 2.07. The normalized spacial score (nSPS) is 10.2. The Bertz CT molecular complexity index is 536. The van der Waals surface area contributed by atoms with Crippen molar-refractivity contribution in [3.8, 4) is 11.4 Å². The maximum atomic E-state index is 4.42. The van der Waals surface area contributed by atoms with Crippen LogP contribution in [0.3, 0.4) is 0 Å². The van der Waals surface area contributed by atoms with Gasteiger partial charge in [-0.05, 0) is 62.0 Å². The lowest BCUT2D eigenvalue weighted by Crippen LogP contribution is -1.94. The molecular formula is C13H10Br2N2. The Balaban J connectivity index is 2.50. The molecule has 17 heavy (non-hydrogen) atoms. The summed E-state index contributed by atoms with van der Waals surface area (Å²) in [6.45, 7) is 3.76. The summed E-state index contributed by atoms with van der Waals surface area (Å²) in [4.78, 5) is 8.79. The van der Waals surface area contributed by atoms with Gasteiger partial charge >= 0.3 is 0 Å². The second-order valence-electron chi connectivity index (χ2n) is 3.52. The molecule has 0 spiro atoms. The number of pyridine rings is 2. The van der Waals surface area contributed by atoms with E-state index in [1.54, 1.807) is 12.4 Å². The lowest BCUT2D eigenvalue weighted by atomic mass is 10.1. The molecular weight excluding hydrogens is 344 g/mol. The second-order valence-corrected chi connectivity index (χ2v) is 5.35. The Morgan fingerprint density at radius 3 is 2.53 bits per heavy atom. The Hall–Kier alpha value is -1.00. The van der Waals surface area contributed by atoms with E-state index in [-0.39, 0.29) is 0 Å². The topological polar surface area (TPSA) is 25.8 Å². The van der Waals surface area contributed by atoms with Crippen LogP contribution in [0.2, 0.25) is 0 Å². The summed E-state index contributed by atoms with van der Waals surface area (Å²) in [5.41, 5.74) is 2.89. The van der Waals surface area contributed by atoms with E-state index < -0.39 is 0 Å². The van der Waals surface area contributed by atoms with Gasteiger partial charge in [0.1, 0.15) is 0 Å². The zero-order valence-corrected chi connectivity index (χ0v) is 12.2. The fourth-order valence-corrected chi connectivity index (χ4v) is 2.15. The van der Waals surface area contributed by atoms with Crippen LogP contribution in [-0.2, 0) is 6.42 Å². The minimum Gasteiger partial charge on any atom is -0.253 e. The lowest BCUT2D eigenvalue weighted by Gasteiger charge is -2.06. The van der Waals surface area contributed by atoms with Crippen LogP contribution in [0.1, 0.15) is 5.56 Å². The van der Waals surface area contributed by atoms with Crippen molar-refractivity contribution < 1.29 is 0 Å². The summed E-state index contributed by atoms with van der Waals surface area (Å²) in [6.07, 6.45) is 6.20. The SMILES string of the molecule is C=CCc1cc(Br)cnc1-c1ccc(Br)cn1. The van der Waals surface area contributed by atoms with Crippen LogP contribution in [0, 0.1) is 0 Å². The molecule has 0 radical (unpaired) electrons. The highest BCUT2D eigenvalue weighted by Crippen LogP contribution is 2.24. The first-order chi connectivity index (χ1) is 8.20. The molecule has 0 aromatic carbocycles. The van der Waals surface area contributed by atoms with Crippen molar-refractivity contribution in [2.24, 2.45) is 0 Å². The molecule has 0 aliphatic heterocycles. The zero-order valence-electron chi connectivity index (χ0n) is 9.03. The van der Waals surface area contributed by atoms with Crippen LogP contribution >= 0.6 is 31.9 Å². The maximum Gasteiger partial charge on any atom is 0.0922 e. The van der Waals surface area contributed by atoms with Crippen LogP contribution in [0.4, 0.5) is 0 Å². The average Bonchev–Trinajstić information content (AvgIpc) is 2.31. The number of allylic oxidation sites excluding steroid dienone is 1. The van der Waals surface area contributed by atoms with Gasteiger partial charge in [0.2, 0.25) is 0 Å². The molecule has 86 valence electrons. The van der Waals surface area contributed by atoms with Gasteiger partial charge in [-0.2, -0.15) is 0 Å². The van der Waals surface area contributed by atoms with Crippen LogP contribution in [-0.4, -0.2) is 9.97 Å². The van der Waals surface area contributed by atoms with Gasteiger partial charge < -0.3 is 0 Å². The molecule has 0 N–H and O–H groups in total. The van der Waals surface area contributed by atoms with Crippen molar-refractivity contribution >= 4 is 31.9 Å². The van der Waals surface area contributed by atoms with Crippen molar-refractivity contribution in [1.29, 1.82) is 0 Å². The molecule has 2 heterocycles. The molecule has 0 fully saturated rings. The van der Waals surface area contributed by atoms with Gasteiger partial charge in [0.15, 0.2) is 0 Å². The Morgan fingerprint density at radius 2 is 1.88 bits per heavy atom. The smallest absolute Gasteiger partial charge is 0.0922 e. The molecule has 0 unspecified atom stereocenters. The molecule has 0 atom stereocenters. The summed E-state index contributed by atoms with van der Waals surface area (Å²) >= 11 is 6.80. The van der Waals surface area contributed by atoms with E-state index in [1.165, 1.54) is 0 Å². The largest absolute Gasteiger partial charge is 0.253 e. The first kappa shape index (κ1) is 12.5. The van der Waals surface area contributed by atoms with Crippen LogP contribution in [0.25, 0.3) is 11.4 Å². The van der Waals surface area contributed by atoms with E-state index in [9.17, 15) is 0 Å². The van der Waals surface area contributed by atoms with Crippen molar-refractivity contribution in [2.45, 2.75) is 6.42 Å². The third-order valence-corrected chi connectivity index (χ3v) is 3.17. The minimum absolute atomic E-state index is 0.777. The third kappa shape index (κ3) is 3.01. The number of aromatic nitrogens is 2. The predicted molar refractivity (Wildman–Crippen MR) is 76.8 cm³/mol. The molecule has 2 rings (SSSR count). The highest BCUT2D eigenvalue weighted by molar-refractivity contribution is 9.10. The van der Waals surface area contributed by atoms with Gasteiger partial charge in [0.05, 0.1) is 11.4 Å². The van der Waals surface area contributed by atoms with Gasteiger partial charge in [-0.25, -0.2) is 0 Å². The predicted octanol–water partition coefficient (Wildman–Crippen LogP) is 4.40. The fraction of sp³-hybridized carbons (Fsp3) is 0.0769. The van der Waals surface area contributed by atoms with E-state index in [0.29, 0.717) is 0 Å². The summed E-state index contributed by atoms with van der Waals surface area (Å²) in [7, 11) is 0. The molecule has 0 amide bonds. The number of halogens is 2. The fourth-order valence-electron chi connectivity index (χ4n) is 1.54. The van der Waals surface area contributed by atoms with Gasteiger partial charge in [-0.1, -0.05) is 6.08 Å².